The lowest BCUT2D eigenvalue weighted by molar-refractivity contribution is 0.0937. The van der Waals surface area contributed by atoms with Crippen LogP contribution < -0.4 is 10.6 Å². The summed E-state index contributed by atoms with van der Waals surface area (Å²) in [4.78, 5) is 25.7. The second-order valence-corrected chi connectivity index (χ2v) is 8.82. The lowest BCUT2D eigenvalue weighted by atomic mass is 10.2. The summed E-state index contributed by atoms with van der Waals surface area (Å²) in [6.45, 7) is 4.93. The first-order valence-electron chi connectivity index (χ1n) is 9.97. The zero-order valence-corrected chi connectivity index (χ0v) is 18.7. The van der Waals surface area contributed by atoms with Gasteiger partial charge in [-0.3, -0.25) is 9.59 Å². The van der Waals surface area contributed by atoms with Gasteiger partial charge in [0.25, 0.3) is 11.8 Å². The van der Waals surface area contributed by atoms with E-state index in [9.17, 15) is 18.4 Å². The summed E-state index contributed by atoms with van der Waals surface area (Å²) in [7, 11) is 2.24. The molecule has 0 unspecified atom stereocenters. The molecule has 0 saturated heterocycles. The Morgan fingerprint density at radius 2 is 1.17 bits per heavy atom. The number of rotatable bonds is 11. The number of hydrogen-bond donors (Lipinski definition) is 2. The standard InChI is InChI=1S/C22H26F2N2O2S2/c1-3-5-13-25-21(27)19-15(23)9-7-11-17(19)29-30-18-12-8-10-16(24)20(18)22(28)26-14-6-4-2/h7-12H,3-6,13-14H2,1-2H3,(H,25,27)(H,26,28). The Hall–Kier alpha value is -2.06. The van der Waals surface area contributed by atoms with Crippen LogP contribution in [0.2, 0.25) is 0 Å². The summed E-state index contributed by atoms with van der Waals surface area (Å²) in [6.07, 6.45) is 3.43. The molecule has 4 nitrogen and oxygen atoms in total. The highest BCUT2D eigenvalue weighted by Crippen LogP contribution is 2.41. The van der Waals surface area contributed by atoms with Crippen molar-refractivity contribution in [1.82, 2.24) is 10.6 Å². The largest absolute Gasteiger partial charge is 0.352 e. The van der Waals surface area contributed by atoms with Crippen LogP contribution in [0, 0.1) is 11.6 Å². The highest BCUT2D eigenvalue weighted by Gasteiger charge is 2.20. The van der Waals surface area contributed by atoms with Gasteiger partial charge in [0.1, 0.15) is 11.6 Å². The van der Waals surface area contributed by atoms with Crippen molar-refractivity contribution in [3.05, 3.63) is 59.2 Å². The quantitative estimate of drug-likeness (QED) is 0.333. The van der Waals surface area contributed by atoms with E-state index in [1.54, 1.807) is 12.1 Å². The molecule has 0 spiro atoms. The molecule has 2 N–H and O–H groups in total. The van der Waals surface area contributed by atoms with Gasteiger partial charge in [-0.1, -0.05) is 60.4 Å². The second-order valence-electron chi connectivity index (χ2n) is 6.61. The van der Waals surface area contributed by atoms with Gasteiger partial charge in [-0.05, 0) is 37.1 Å². The fourth-order valence-corrected chi connectivity index (χ4v) is 4.98. The Labute approximate surface area is 184 Å². The molecule has 2 aromatic carbocycles. The van der Waals surface area contributed by atoms with Crippen LogP contribution in [0.3, 0.4) is 0 Å². The molecule has 30 heavy (non-hydrogen) atoms. The van der Waals surface area contributed by atoms with E-state index in [0.717, 1.165) is 47.3 Å². The van der Waals surface area contributed by atoms with Gasteiger partial charge in [0.05, 0.1) is 11.1 Å². The van der Waals surface area contributed by atoms with Crippen molar-refractivity contribution >= 4 is 33.4 Å². The van der Waals surface area contributed by atoms with Gasteiger partial charge in [0.15, 0.2) is 0 Å². The normalized spacial score (nSPS) is 10.7. The molecule has 0 bridgehead atoms. The summed E-state index contributed by atoms with van der Waals surface area (Å²) in [5.74, 6) is -2.21. The molecular formula is C22H26F2N2O2S2. The summed E-state index contributed by atoms with van der Waals surface area (Å²) >= 11 is 0. The zero-order valence-electron chi connectivity index (χ0n) is 17.1. The predicted octanol–water partition coefficient (Wildman–Crippen LogP) is 5.82. The number of nitrogens with one attached hydrogen (secondary N) is 2. The summed E-state index contributed by atoms with van der Waals surface area (Å²) in [6, 6.07) is 8.78. The minimum Gasteiger partial charge on any atom is -0.352 e. The first kappa shape index (κ1) is 24.2. The second kappa shape index (κ2) is 12.6. The minimum absolute atomic E-state index is 0.0450. The number of amides is 2. The van der Waals surface area contributed by atoms with Crippen LogP contribution in [-0.2, 0) is 0 Å². The molecular weight excluding hydrogens is 426 g/mol. The van der Waals surface area contributed by atoms with Gasteiger partial charge in [-0.15, -0.1) is 0 Å². The van der Waals surface area contributed by atoms with Crippen molar-refractivity contribution in [2.45, 2.75) is 49.3 Å². The average molecular weight is 453 g/mol. The Balaban J connectivity index is 2.20. The molecule has 0 aromatic heterocycles. The molecule has 0 fully saturated rings. The fourth-order valence-electron chi connectivity index (χ4n) is 2.61. The van der Waals surface area contributed by atoms with Crippen molar-refractivity contribution < 1.29 is 18.4 Å². The van der Waals surface area contributed by atoms with E-state index in [1.807, 2.05) is 13.8 Å². The number of carbonyl (C=O) groups excluding carboxylic acids is 2. The molecule has 0 heterocycles. The molecule has 2 amide bonds. The molecule has 0 saturated carbocycles. The number of halogens is 2. The van der Waals surface area contributed by atoms with Crippen LogP contribution >= 0.6 is 21.6 Å². The molecule has 0 aliphatic rings. The maximum Gasteiger partial charge on any atom is 0.255 e. The fraction of sp³-hybridized carbons (Fsp3) is 0.364. The first-order chi connectivity index (χ1) is 14.5. The van der Waals surface area contributed by atoms with Gasteiger partial charge in [0, 0.05) is 22.9 Å². The van der Waals surface area contributed by atoms with E-state index >= 15 is 0 Å². The van der Waals surface area contributed by atoms with Crippen molar-refractivity contribution in [3.63, 3.8) is 0 Å². The maximum atomic E-state index is 14.4. The third-order valence-corrected chi connectivity index (χ3v) is 6.71. The van der Waals surface area contributed by atoms with E-state index in [-0.39, 0.29) is 11.1 Å². The van der Waals surface area contributed by atoms with E-state index in [0.29, 0.717) is 22.9 Å². The molecule has 0 aliphatic carbocycles. The number of carbonyl (C=O) groups is 2. The Kier molecular flexibility index (Phi) is 10.2. The SMILES string of the molecule is CCCCNC(=O)c1c(F)cccc1SSc1cccc(F)c1C(=O)NCCCC. The molecule has 2 aromatic rings. The van der Waals surface area contributed by atoms with Gasteiger partial charge in [0.2, 0.25) is 0 Å². The van der Waals surface area contributed by atoms with Crippen molar-refractivity contribution in [3.8, 4) is 0 Å². The van der Waals surface area contributed by atoms with Crippen molar-refractivity contribution in [1.29, 1.82) is 0 Å². The van der Waals surface area contributed by atoms with Gasteiger partial charge < -0.3 is 10.6 Å². The van der Waals surface area contributed by atoms with Crippen LogP contribution in [0.5, 0.6) is 0 Å². The summed E-state index contributed by atoms with van der Waals surface area (Å²) in [5, 5.41) is 5.44. The van der Waals surface area contributed by atoms with Crippen molar-refractivity contribution in [2.75, 3.05) is 13.1 Å². The van der Waals surface area contributed by atoms with Gasteiger partial charge in [-0.2, -0.15) is 0 Å². The zero-order chi connectivity index (χ0) is 21.9. The van der Waals surface area contributed by atoms with E-state index < -0.39 is 23.4 Å². The molecule has 8 heteroatoms. The topological polar surface area (TPSA) is 58.2 Å². The summed E-state index contributed by atoms with van der Waals surface area (Å²) < 4.78 is 28.7. The molecule has 162 valence electrons. The predicted molar refractivity (Wildman–Crippen MR) is 119 cm³/mol. The van der Waals surface area contributed by atoms with Gasteiger partial charge in [-0.25, -0.2) is 8.78 Å². The van der Waals surface area contributed by atoms with Crippen LogP contribution in [0.25, 0.3) is 0 Å². The Morgan fingerprint density at radius 3 is 1.53 bits per heavy atom. The molecule has 0 radical (unpaired) electrons. The van der Waals surface area contributed by atoms with E-state index in [4.69, 9.17) is 0 Å². The molecule has 2 rings (SSSR count). The third kappa shape index (κ3) is 6.74. The summed E-state index contributed by atoms with van der Waals surface area (Å²) in [5.41, 5.74) is -0.0899. The highest BCUT2D eigenvalue weighted by atomic mass is 33.1. The Morgan fingerprint density at radius 1 is 0.767 bits per heavy atom. The minimum atomic E-state index is -0.619. The maximum absolute atomic E-state index is 14.4. The molecule has 0 atom stereocenters. The van der Waals surface area contributed by atoms with Crippen LogP contribution in [-0.4, -0.2) is 24.9 Å². The number of benzene rings is 2. The van der Waals surface area contributed by atoms with Gasteiger partial charge >= 0.3 is 0 Å². The molecule has 0 aliphatic heterocycles. The smallest absolute Gasteiger partial charge is 0.255 e. The number of unbranched alkanes of at least 4 members (excludes halogenated alkanes) is 2. The lowest BCUT2D eigenvalue weighted by Crippen LogP contribution is -2.26. The monoisotopic (exact) mass is 452 g/mol. The van der Waals surface area contributed by atoms with Crippen molar-refractivity contribution in [2.24, 2.45) is 0 Å². The van der Waals surface area contributed by atoms with Crippen LogP contribution in [0.4, 0.5) is 8.78 Å². The third-order valence-electron chi connectivity index (χ3n) is 4.26. The van der Waals surface area contributed by atoms with Crippen LogP contribution in [0.1, 0.15) is 60.2 Å². The van der Waals surface area contributed by atoms with E-state index in [1.165, 1.54) is 24.3 Å². The lowest BCUT2D eigenvalue weighted by Gasteiger charge is -2.12. The van der Waals surface area contributed by atoms with Crippen LogP contribution in [0.15, 0.2) is 46.2 Å². The first-order valence-corrected chi connectivity index (χ1v) is 12.1. The number of hydrogen-bond acceptors (Lipinski definition) is 4. The Bertz CT molecular complexity index is 807. The average Bonchev–Trinajstić information content (AvgIpc) is 2.72. The highest BCUT2D eigenvalue weighted by molar-refractivity contribution is 8.76. The van der Waals surface area contributed by atoms with E-state index in [2.05, 4.69) is 10.6 Å².